The molecule has 2 rings (SSSR count). The molecular weight excluding hydrogens is 457 g/mol. The number of halogens is 2. The first kappa shape index (κ1) is 21.2. The van der Waals surface area contributed by atoms with Crippen LogP contribution in [0.2, 0.25) is 5.02 Å². The summed E-state index contributed by atoms with van der Waals surface area (Å²) in [4.78, 5) is 4.30. The largest absolute Gasteiger partial charge is 0.495 e. The first-order valence-corrected chi connectivity index (χ1v) is 7.56. The molecule has 0 saturated carbocycles. The minimum atomic E-state index is 0. The number of aliphatic imine (C=N–C) groups is 1. The standard InChI is InChI=1S/C17H20ClN3O3.HI/c1-22-14-6-4-11(8-13(14)18)10-20-17(19)21-12-5-7-15(23-2)16(9-12)24-3;/h4-9H,10H2,1-3H3,(H3,19,20,21);1H. The van der Waals surface area contributed by atoms with Gasteiger partial charge in [-0.15, -0.1) is 24.0 Å². The van der Waals surface area contributed by atoms with Crippen LogP contribution >= 0.6 is 35.6 Å². The Labute approximate surface area is 169 Å². The van der Waals surface area contributed by atoms with Crippen molar-refractivity contribution in [1.82, 2.24) is 0 Å². The summed E-state index contributed by atoms with van der Waals surface area (Å²) in [6, 6.07) is 10.9. The molecule has 0 amide bonds. The lowest BCUT2D eigenvalue weighted by Crippen LogP contribution is -2.22. The summed E-state index contributed by atoms with van der Waals surface area (Å²) in [5, 5.41) is 3.55. The Balaban J connectivity index is 0.00000312. The van der Waals surface area contributed by atoms with E-state index in [2.05, 4.69) is 10.3 Å². The van der Waals surface area contributed by atoms with Crippen molar-refractivity contribution in [2.75, 3.05) is 26.6 Å². The second-order valence-electron chi connectivity index (χ2n) is 4.87. The van der Waals surface area contributed by atoms with Gasteiger partial charge in [-0.2, -0.15) is 0 Å². The summed E-state index contributed by atoms with van der Waals surface area (Å²) in [6.07, 6.45) is 0. The van der Waals surface area contributed by atoms with Crippen molar-refractivity contribution in [3.05, 3.63) is 47.0 Å². The number of rotatable bonds is 6. The van der Waals surface area contributed by atoms with Gasteiger partial charge in [-0.1, -0.05) is 17.7 Å². The van der Waals surface area contributed by atoms with Crippen molar-refractivity contribution < 1.29 is 14.2 Å². The van der Waals surface area contributed by atoms with Crippen LogP contribution in [0.15, 0.2) is 41.4 Å². The van der Waals surface area contributed by atoms with Gasteiger partial charge in [-0.05, 0) is 29.8 Å². The Morgan fingerprint density at radius 1 is 1.00 bits per heavy atom. The van der Waals surface area contributed by atoms with Crippen molar-refractivity contribution in [2.24, 2.45) is 10.7 Å². The van der Waals surface area contributed by atoms with E-state index >= 15 is 0 Å². The first-order chi connectivity index (χ1) is 11.6. The van der Waals surface area contributed by atoms with Gasteiger partial charge in [0.25, 0.3) is 0 Å². The summed E-state index contributed by atoms with van der Waals surface area (Å²) in [6.45, 7) is 0.399. The molecule has 2 aromatic rings. The number of guanidine groups is 1. The summed E-state index contributed by atoms with van der Waals surface area (Å²) in [5.74, 6) is 2.17. The number of hydrogen-bond donors (Lipinski definition) is 2. The van der Waals surface area contributed by atoms with E-state index in [0.717, 1.165) is 11.3 Å². The third-order valence-electron chi connectivity index (χ3n) is 3.30. The third kappa shape index (κ3) is 5.86. The van der Waals surface area contributed by atoms with Gasteiger partial charge in [0, 0.05) is 11.8 Å². The van der Waals surface area contributed by atoms with Crippen molar-refractivity contribution in [2.45, 2.75) is 6.54 Å². The zero-order chi connectivity index (χ0) is 17.5. The van der Waals surface area contributed by atoms with Gasteiger partial charge in [0.2, 0.25) is 0 Å². The minimum Gasteiger partial charge on any atom is -0.495 e. The van der Waals surface area contributed by atoms with E-state index < -0.39 is 0 Å². The highest BCUT2D eigenvalue weighted by atomic mass is 127. The molecule has 2 aromatic carbocycles. The van der Waals surface area contributed by atoms with Crippen LogP contribution in [0.1, 0.15) is 5.56 Å². The van der Waals surface area contributed by atoms with Crippen molar-refractivity contribution in [1.29, 1.82) is 0 Å². The van der Waals surface area contributed by atoms with Crippen molar-refractivity contribution >= 4 is 47.2 Å². The van der Waals surface area contributed by atoms with Gasteiger partial charge in [0.1, 0.15) is 5.75 Å². The number of anilines is 1. The molecule has 8 heteroatoms. The molecule has 0 fully saturated rings. The molecule has 0 saturated heterocycles. The lowest BCUT2D eigenvalue weighted by molar-refractivity contribution is 0.355. The fraction of sp³-hybridized carbons (Fsp3) is 0.235. The summed E-state index contributed by atoms with van der Waals surface area (Å²) in [5.41, 5.74) is 7.60. The average molecular weight is 478 g/mol. The number of benzene rings is 2. The van der Waals surface area contributed by atoms with Crippen LogP contribution in [0.5, 0.6) is 17.2 Å². The molecule has 0 spiro atoms. The van der Waals surface area contributed by atoms with E-state index in [1.807, 2.05) is 12.1 Å². The van der Waals surface area contributed by atoms with E-state index in [1.165, 1.54) is 0 Å². The van der Waals surface area contributed by atoms with Gasteiger partial charge < -0.3 is 25.3 Å². The molecule has 0 aliphatic rings. The van der Waals surface area contributed by atoms with Crippen LogP contribution in [-0.4, -0.2) is 27.3 Å². The monoisotopic (exact) mass is 477 g/mol. The number of ether oxygens (including phenoxy) is 3. The van der Waals surface area contributed by atoms with E-state index in [-0.39, 0.29) is 29.9 Å². The Kier molecular flexibility index (Phi) is 8.64. The zero-order valence-corrected chi connectivity index (χ0v) is 17.3. The maximum absolute atomic E-state index is 6.09. The van der Waals surface area contributed by atoms with E-state index in [0.29, 0.717) is 28.8 Å². The van der Waals surface area contributed by atoms with Crippen LogP contribution in [0.25, 0.3) is 0 Å². The summed E-state index contributed by atoms with van der Waals surface area (Å²) < 4.78 is 15.6. The topological polar surface area (TPSA) is 78.1 Å². The first-order valence-electron chi connectivity index (χ1n) is 7.18. The maximum Gasteiger partial charge on any atom is 0.193 e. The van der Waals surface area contributed by atoms with Gasteiger partial charge in [-0.25, -0.2) is 4.99 Å². The van der Waals surface area contributed by atoms with Crippen LogP contribution in [-0.2, 0) is 6.54 Å². The second-order valence-corrected chi connectivity index (χ2v) is 5.27. The number of nitrogens with one attached hydrogen (secondary N) is 1. The Morgan fingerprint density at radius 2 is 1.64 bits per heavy atom. The van der Waals surface area contributed by atoms with Crippen molar-refractivity contribution in [3.8, 4) is 17.2 Å². The molecule has 3 N–H and O–H groups in total. The number of hydrogen-bond acceptors (Lipinski definition) is 4. The van der Waals surface area contributed by atoms with Crippen LogP contribution in [0.4, 0.5) is 5.69 Å². The van der Waals surface area contributed by atoms with Crippen LogP contribution in [0.3, 0.4) is 0 Å². The molecule has 0 heterocycles. The second kappa shape index (κ2) is 10.2. The quantitative estimate of drug-likeness (QED) is 0.375. The molecule has 0 atom stereocenters. The predicted molar refractivity (Wildman–Crippen MR) is 112 cm³/mol. The molecule has 0 bridgehead atoms. The van der Waals surface area contributed by atoms with Crippen LogP contribution < -0.4 is 25.3 Å². The highest BCUT2D eigenvalue weighted by Crippen LogP contribution is 2.29. The number of nitrogens with zero attached hydrogens (tertiary/aromatic N) is 1. The van der Waals surface area contributed by atoms with Gasteiger partial charge in [0.15, 0.2) is 17.5 Å². The van der Waals surface area contributed by atoms with Crippen LogP contribution in [0, 0.1) is 0 Å². The fourth-order valence-corrected chi connectivity index (χ4v) is 2.37. The normalized spacial score (nSPS) is 10.6. The predicted octanol–water partition coefficient (Wildman–Crippen LogP) is 3.91. The summed E-state index contributed by atoms with van der Waals surface area (Å²) >= 11 is 6.09. The molecule has 0 aliphatic carbocycles. The van der Waals surface area contributed by atoms with Gasteiger partial charge in [-0.3, -0.25) is 0 Å². The summed E-state index contributed by atoms with van der Waals surface area (Å²) in [7, 11) is 4.73. The van der Waals surface area contributed by atoms with E-state index in [1.54, 1.807) is 45.6 Å². The zero-order valence-electron chi connectivity index (χ0n) is 14.2. The molecule has 0 aromatic heterocycles. The molecule has 0 unspecified atom stereocenters. The Bertz CT molecular complexity index is 741. The molecular formula is C17H21ClIN3O3. The van der Waals surface area contributed by atoms with Gasteiger partial charge in [0.05, 0.1) is 32.9 Å². The lowest BCUT2D eigenvalue weighted by Gasteiger charge is -2.11. The number of nitrogens with two attached hydrogens (primary N) is 1. The Morgan fingerprint density at radius 3 is 2.24 bits per heavy atom. The van der Waals surface area contributed by atoms with Crippen molar-refractivity contribution in [3.63, 3.8) is 0 Å². The minimum absolute atomic E-state index is 0. The average Bonchev–Trinajstić information content (AvgIpc) is 2.60. The molecule has 6 nitrogen and oxygen atoms in total. The van der Waals surface area contributed by atoms with Gasteiger partial charge >= 0.3 is 0 Å². The molecule has 25 heavy (non-hydrogen) atoms. The van der Waals surface area contributed by atoms with E-state index in [4.69, 9.17) is 31.5 Å². The SMILES string of the molecule is COc1ccc(CN=C(N)Nc2ccc(OC)c(OC)c2)cc1Cl.I. The molecule has 136 valence electrons. The highest BCUT2D eigenvalue weighted by molar-refractivity contribution is 14.0. The van der Waals surface area contributed by atoms with E-state index in [9.17, 15) is 0 Å². The lowest BCUT2D eigenvalue weighted by atomic mass is 10.2. The Hall–Kier alpha value is -1.87. The molecule has 0 radical (unpaired) electrons. The highest BCUT2D eigenvalue weighted by Gasteiger charge is 2.05. The fourth-order valence-electron chi connectivity index (χ4n) is 2.09. The third-order valence-corrected chi connectivity index (χ3v) is 3.60. The maximum atomic E-state index is 6.09. The number of methoxy groups -OCH3 is 3. The smallest absolute Gasteiger partial charge is 0.193 e. The molecule has 0 aliphatic heterocycles.